The van der Waals surface area contributed by atoms with Crippen molar-refractivity contribution < 1.29 is 0 Å². The van der Waals surface area contributed by atoms with Crippen molar-refractivity contribution in [2.45, 2.75) is 33.6 Å². The second-order valence-electron chi connectivity index (χ2n) is 3.32. The van der Waals surface area contributed by atoms with Crippen LogP contribution in [0.15, 0.2) is 0 Å². The van der Waals surface area contributed by atoms with Crippen LogP contribution in [0.4, 0.5) is 0 Å². The summed E-state index contributed by atoms with van der Waals surface area (Å²) < 4.78 is 0. The van der Waals surface area contributed by atoms with Crippen LogP contribution in [-0.4, -0.2) is 18.0 Å². The zero-order valence-electron chi connectivity index (χ0n) is 7.56. The van der Waals surface area contributed by atoms with Gasteiger partial charge in [0.2, 0.25) is 0 Å². The highest BCUT2D eigenvalue weighted by molar-refractivity contribution is 4.57. The molecule has 0 heterocycles. The zero-order valence-corrected chi connectivity index (χ0v) is 7.56. The highest BCUT2D eigenvalue weighted by Gasteiger charge is 1.99. The lowest BCUT2D eigenvalue weighted by atomic mass is 10.2. The summed E-state index contributed by atoms with van der Waals surface area (Å²) in [6.07, 6.45) is 2.54. The summed E-state index contributed by atoms with van der Waals surface area (Å²) in [4.78, 5) is 2.16. The monoisotopic (exact) mass is 142 g/mol. The molecule has 0 saturated carbocycles. The Labute approximate surface area is 65.4 Å². The van der Waals surface area contributed by atoms with Gasteiger partial charge in [-0.3, -0.25) is 0 Å². The Morgan fingerprint density at radius 1 is 1.40 bits per heavy atom. The molecule has 1 nitrogen and oxygen atoms in total. The van der Waals surface area contributed by atoms with Crippen LogP contribution in [0, 0.1) is 13.0 Å². The molecular formula is C9H20N. The van der Waals surface area contributed by atoms with Gasteiger partial charge >= 0.3 is 0 Å². The minimum absolute atomic E-state index is 0.745. The summed E-state index contributed by atoms with van der Waals surface area (Å²) in [6.45, 7) is 8.94. The fraction of sp³-hybridized carbons (Fsp3) is 0.889. The third kappa shape index (κ3) is 6.09. The van der Waals surface area contributed by atoms with Crippen LogP contribution < -0.4 is 0 Å². The van der Waals surface area contributed by atoms with Crippen molar-refractivity contribution in [2.75, 3.05) is 13.1 Å². The Bertz CT molecular complexity index is 69.1. The summed E-state index contributed by atoms with van der Waals surface area (Å²) >= 11 is 0. The fourth-order valence-corrected chi connectivity index (χ4v) is 0.989. The van der Waals surface area contributed by atoms with Crippen molar-refractivity contribution in [3.63, 3.8) is 0 Å². The summed E-state index contributed by atoms with van der Waals surface area (Å²) in [5.41, 5.74) is 0. The molecule has 0 unspecified atom stereocenters. The molecule has 0 saturated heterocycles. The largest absolute Gasteiger partial charge is 0.302 e. The van der Waals surface area contributed by atoms with E-state index in [0.29, 0.717) is 0 Å². The van der Waals surface area contributed by atoms with Crippen LogP contribution in [-0.2, 0) is 0 Å². The molecule has 0 aromatic rings. The summed E-state index contributed by atoms with van der Waals surface area (Å²) in [7, 11) is 3.95. The first-order valence-electron chi connectivity index (χ1n) is 4.22. The smallest absolute Gasteiger partial charge is 0.0109 e. The van der Waals surface area contributed by atoms with Crippen molar-refractivity contribution in [3.05, 3.63) is 7.05 Å². The maximum atomic E-state index is 3.95. The van der Waals surface area contributed by atoms with Crippen molar-refractivity contribution in [3.8, 4) is 0 Å². The van der Waals surface area contributed by atoms with Crippen molar-refractivity contribution >= 4 is 0 Å². The Morgan fingerprint density at radius 3 is 2.40 bits per heavy atom. The number of rotatable bonds is 5. The minimum atomic E-state index is 0.745. The second-order valence-corrected chi connectivity index (χ2v) is 3.32. The number of hydrogen-bond donors (Lipinski definition) is 0. The van der Waals surface area contributed by atoms with Gasteiger partial charge in [-0.1, -0.05) is 27.2 Å². The van der Waals surface area contributed by atoms with Gasteiger partial charge in [-0.05, 0) is 18.9 Å². The molecule has 10 heavy (non-hydrogen) atoms. The van der Waals surface area contributed by atoms with Crippen LogP contribution in [0.5, 0.6) is 0 Å². The van der Waals surface area contributed by atoms with E-state index in [1.165, 1.54) is 12.8 Å². The third-order valence-electron chi connectivity index (χ3n) is 1.45. The molecule has 0 bridgehead atoms. The number of unbranched alkanes of at least 4 members (excludes halogenated alkanes) is 1. The van der Waals surface area contributed by atoms with E-state index in [4.69, 9.17) is 0 Å². The van der Waals surface area contributed by atoms with Gasteiger partial charge < -0.3 is 4.90 Å². The quantitative estimate of drug-likeness (QED) is 0.570. The Morgan fingerprint density at radius 2 is 2.00 bits per heavy atom. The molecule has 0 aromatic carbocycles. The van der Waals surface area contributed by atoms with Crippen LogP contribution in [0.25, 0.3) is 0 Å². The van der Waals surface area contributed by atoms with Gasteiger partial charge in [0.25, 0.3) is 0 Å². The van der Waals surface area contributed by atoms with Crippen LogP contribution in [0.2, 0.25) is 0 Å². The molecule has 0 fully saturated rings. The lowest BCUT2D eigenvalue weighted by Crippen LogP contribution is -2.21. The average molecular weight is 142 g/mol. The van der Waals surface area contributed by atoms with E-state index in [-0.39, 0.29) is 0 Å². The summed E-state index contributed by atoms with van der Waals surface area (Å²) in [5.74, 6) is 0.745. The minimum Gasteiger partial charge on any atom is -0.302 e. The number of hydrogen-bond acceptors (Lipinski definition) is 1. The van der Waals surface area contributed by atoms with Gasteiger partial charge in [0.1, 0.15) is 0 Å². The first-order valence-corrected chi connectivity index (χ1v) is 4.22. The van der Waals surface area contributed by atoms with Crippen molar-refractivity contribution in [2.24, 2.45) is 5.92 Å². The molecule has 0 aliphatic carbocycles. The van der Waals surface area contributed by atoms with Gasteiger partial charge in [0.15, 0.2) is 0 Å². The molecule has 0 aliphatic rings. The van der Waals surface area contributed by atoms with Crippen LogP contribution in [0.1, 0.15) is 33.6 Å². The molecule has 1 heteroatoms. The number of nitrogens with zero attached hydrogens (tertiary/aromatic N) is 1. The molecule has 0 amide bonds. The fourth-order valence-electron chi connectivity index (χ4n) is 0.989. The second kappa shape index (κ2) is 5.72. The molecule has 0 aliphatic heterocycles. The molecule has 0 N–H and O–H groups in total. The van der Waals surface area contributed by atoms with E-state index in [1.807, 2.05) is 0 Å². The third-order valence-corrected chi connectivity index (χ3v) is 1.45. The normalized spacial score (nSPS) is 11.4. The van der Waals surface area contributed by atoms with E-state index >= 15 is 0 Å². The SMILES string of the molecule is [CH2]N(CCCC)CC(C)C. The maximum Gasteiger partial charge on any atom is 0.0109 e. The summed E-state index contributed by atoms with van der Waals surface area (Å²) in [5, 5.41) is 0. The van der Waals surface area contributed by atoms with E-state index in [9.17, 15) is 0 Å². The Kier molecular flexibility index (Phi) is 5.70. The average Bonchev–Trinajstić information content (AvgIpc) is 1.82. The molecule has 0 atom stereocenters. The molecule has 0 rings (SSSR count). The van der Waals surface area contributed by atoms with E-state index < -0.39 is 0 Å². The molecular weight excluding hydrogens is 122 g/mol. The predicted molar refractivity (Wildman–Crippen MR) is 46.7 cm³/mol. The lowest BCUT2D eigenvalue weighted by Gasteiger charge is -2.17. The highest BCUT2D eigenvalue weighted by Crippen LogP contribution is 1.98. The lowest BCUT2D eigenvalue weighted by molar-refractivity contribution is 0.320. The summed E-state index contributed by atoms with van der Waals surface area (Å²) in [6, 6.07) is 0. The topological polar surface area (TPSA) is 3.24 Å². The molecule has 0 spiro atoms. The van der Waals surface area contributed by atoms with E-state index in [0.717, 1.165) is 19.0 Å². The first-order chi connectivity index (χ1) is 4.66. The first kappa shape index (κ1) is 9.96. The van der Waals surface area contributed by atoms with Gasteiger partial charge in [0, 0.05) is 13.6 Å². The van der Waals surface area contributed by atoms with Gasteiger partial charge in [-0.15, -0.1) is 0 Å². The van der Waals surface area contributed by atoms with Gasteiger partial charge in [0.05, 0.1) is 0 Å². The van der Waals surface area contributed by atoms with Crippen molar-refractivity contribution in [1.29, 1.82) is 0 Å². The van der Waals surface area contributed by atoms with E-state index in [1.54, 1.807) is 0 Å². The molecule has 1 radical (unpaired) electrons. The van der Waals surface area contributed by atoms with Crippen LogP contribution >= 0.6 is 0 Å². The maximum absolute atomic E-state index is 3.95. The van der Waals surface area contributed by atoms with Crippen molar-refractivity contribution in [1.82, 2.24) is 4.90 Å². The standard InChI is InChI=1S/C9H20N/c1-5-6-7-10(4)8-9(2)3/h9H,4-8H2,1-3H3. The van der Waals surface area contributed by atoms with Gasteiger partial charge in [-0.25, -0.2) is 0 Å². The zero-order chi connectivity index (χ0) is 7.98. The van der Waals surface area contributed by atoms with Crippen LogP contribution in [0.3, 0.4) is 0 Å². The Balaban J connectivity index is 3.16. The molecule has 0 aromatic heterocycles. The highest BCUT2D eigenvalue weighted by atomic mass is 15.1. The van der Waals surface area contributed by atoms with E-state index in [2.05, 4.69) is 32.7 Å². The molecule has 61 valence electrons. The predicted octanol–water partition coefficient (Wildman–Crippen LogP) is 2.54. The Hall–Kier alpha value is -0.0400. The van der Waals surface area contributed by atoms with Gasteiger partial charge in [-0.2, -0.15) is 0 Å².